The van der Waals surface area contributed by atoms with E-state index in [1.54, 1.807) is 0 Å². The number of nitrogens with zero attached hydrogens (tertiary/aromatic N) is 4. The van der Waals surface area contributed by atoms with Crippen LogP contribution in [0.5, 0.6) is 0 Å². The Kier molecular flexibility index (Phi) is 6.92. The molecule has 2 heterocycles. The minimum Gasteiger partial charge on any atom is -0.391 e. The number of rotatable bonds is 8. The molecule has 0 saturated carbocycles. The average molecular weight is 475 g/mol. The number of tetrazole rings is 1. The lowest BCUT2D eigenvalue weighted by Gasteiger charge is -2.34. The molecule has 0 bridgehead atoms. The summed E-state index contributed by atoms with van der Waals surface area (Å²) in [5.41, 5.74) is 11.4. The monoisotopic (exact) mass is 474 g/mol. The van der Waals surface area contributed by atoms with Crippen LogP contribution in [0.4, 0.5) is 5.69 Å². The molecule has 1 aliphatic rings. The van der Waals surface area contributed by atoms with Gasteiger partial charge in [-0.25, -0.2) is 22.0 Å². The normalized spacial score (nSPS) is 17.1. The van der Waals surface area contributed by atoms with Gasteiger partial charge >= 0.3 is 0 Å². The summed E-state index contributed by atoms with van der Waals surface area (Å²) in [6.45, 7) is 1.40. The molecule has 172 valence electrons. The van der Waals surface area contributed by atoms with E-state index in [4.69, 9.17) is 16.6 Å². The summed E-state index contributed by atoms with van der Waals surface area (Å²) in [4.78, 5) is 0.719. The smallest absolute Gasteiger partial charge is 0.240 e. The molecule has 0 amide bonds. The second-order valence-electron chi connectivity index (χ2n) is 7.40. The Morgan fingerprint density at radius 2 is 1.87 bits per heavy atom. The van der Waals surface area contributed by atoms with Gasteiger partial charge in [0.2, 0.25) is 15.8 Å². The average Bonchev–Trinajstić information content (AvgIpc) is 3.26. The van der Waals surface area contributed by atoms with Crippen molar-refractivity contribution in [3.8, 4) is 11.4 Å². The Bertz CT molecular complexity index is 1110. The fourth-order valence-corrected chi connectivity index (χ4v) is 6.69. The number of sulfone groups is 1. The zero-order valence-electron chi connectivity index (χ0n) is 16.7. The molecule has 13 nitrogen and oxygen atoms in total. The van der Waals surface area contributed by atoms with Crippen molar-refractivity contribution in [2.45, 2.75) is 28.7 Å². The van der Waals surface area contributed by atoms with Gasteiger partial charge < -0.3 is 21.5 Å². The Morgan fingerprint density at radius 1 is 1.19 bits per heavy atom. The molecule has 1 aliphatic heterocycles. The highest BCUT2D eigenvalue weighted by molar-refractivity contribution is 7.93. The third-order valence-electron chi connectivity index (χ3n) is 5.26. The Morgan fingerprint density at radius 3 is 2.39 bits per heavy atom. The summed E-state index contributed by atoms with van der Waals surface area (Å²) in [5.74, 6) is -0.532. The molecule has 0 radical (unpaired) electrons. The number of hydrogen-bond donors (Lipinski definition) is 5. The first-order valence-corrected chi connectivity index (χ1v) is 12.8. The molecule has 1 aromatic carbocycles. The minimum atomic E-state index is -4.55. The van der Waals surface area contributed by atoms with Crippen LogP contribution in [0.2, 0.25) is 0 Å². The van der Waals surface area contributed by atoms with Gasteiger partial charge in [-0.05, 0) is 42.7 Å². The van der Waals surface area contributed by atoms with Gasteiger partial charge in [0, 0.05) is 25.3 Å². The van der Waals surface area contributed by atoms with E-state index in [1.165, 1.54) is 12.1 Å². The molecule has 0 aliphatic carbocycles. The largest absolute Gasteiger partial charge is 0.391 e. The number of sulfonamides is 1. The number of H-pyrrole nitrogens is 1. The molecular formula is C16H26N8O5S2. The van der Waals surface area contributed by atoms with Gasteiger partial charge in [0.1, 0.15) is 4.90 Å². The van der Waals surface area contributed by atoms with Crippen LogP contribution in [0.3, 0.4) is 0 Å². The molecule has 15 heteroatoms. The van der Waals surface area contributed by atoms with Crippen LogP contribution in [0.15, 0.2) is 21.9 Å². The summed E-state index contributed by atoms with van der Waals surface area (Å²) in [6, 6.07) is 2.66. The predicted molar refractivity (Wildman–Crippen MR) is 112 cm³/mol. The van der Waals surface area contributed by atoms with E-state index in [2.05, 4.69) is 20.6 Å². The van der Waals surface area contributed by atoms with E-state index in [0.717, 1.165) is 12.8 Å². The van der Waals surface area contributed by atoms with Crippen molar-refractivity contribution in [3.05, 3.63) is 12.1 Å². The maximum Gasteiger partial charge on any atom is 0.240 e. The van der Waals surface area contributed by atoms with Gasteiger partial charge in [-0.1, -0.05) is 0 Å². The van der Waals surface area contributed by atoms with Gasteiger partial charge in [-0.2, -0.15) is 5.21 Å². The number of nitrogens with two attached hydrogens (primary N) is 3. The minimum absolute atomic E-state index is 0.0641. The third kappa shape index (κ3) is 5.02. The van der Waals surface area contributed by atoms with Crippen molar-refractivity contribution in [2.75, 3.05) is 36.8 Å². The summed E-state index contributed by atoms with van der Waals surface area (Å²) in [5, 5.41) is 28.7. The summed E-state index contributed by atoms with van der Waals surface area (Å²) >= 11 is 0. The molecule has 1 saturated heterocycles. The van der Waals surface area contributed by atoms with Crippen molar-refractivity contribution in [3.63, 3.8) is 0 Å². The summed E-state index contributed by atoms with van der Waals surface area (Å²) < 4.78 is 51.1. The number of piperidine rings is 1. The molecule has 3 rings (SSSR count). The fraction of sp³-hybridized carbons (Fsp3) is 0.562. The quantitative estimate of drug-likeness (QED) is 0.275. The Balaban J connectivity index is 2.24. The fourth-order valence-electron chi connectivity index (χ4n) is 3.65. The molecule has 2 aromatic rings. The topological polar surface area (TPSA) is 224 Å². The van der Waals surface area contributed by atoms with Crippen LogP contribution < -0.4 is 21.5 Å². The first kappa shape index (κ1) is 23.5. The van der Waals surface area contributed by atoms with Crippen LogP contribution in [0, 0.1) is 5.92 Å². The number of benzene rings is 1. The number of nitrogens with one attached hydrogen (secondary N) is 1. The van der Waals surface area contributed by atoms with Crippen molar-refractivity contribution < 1.29 is 21.9 Å². The van der Waals surface area contributed by atoms with Crippen LogP contribution in [0.1, 0.15) is 12.8 Å². The van der Waals surface area contributed by atoms with Gasteiger partial charge in [-0.15, -0.1) is 10.2 Å². The summed E-state index contributed by atoms with van der Waals surface area (Å²) in [6.07, 6.45) is 0.201. The number of aromatic amines is 1. The number of primary sulfonamides is 1. The van der Waals surface area contributed by atoms with Crippen LogP contribution in [0.25, 0.3) is 11.4 Å². The summed E-state index contributed by atoms with van der Waals surface area (Å²) in [7, 11) is -8.82. The van der Waals surface area contributed by atoms with Crippen molar-refractivity contribution in [2.24, 2.45) is 22.5 Å². The first-order valence-electron chi connectivity index (χ1n) is 9.58. The molecule has 0 unspecified atom stereocenters. The lowest BCUT2D eigenvalue weighted by Crippen LogP contribution is -2.37. The molecule has 1 aromatic heterocycles. The molecule has 8 N–H and O–H groups in total. The van der Waals surface area contributed by atoms with Crippen molar-refractivity contribution >= 4 is 25.5 Å². The van der Waals surface area contributed by atoms with E-state index in [0.29, 0.717) is 31.2 Å². The number of aliphatic hydroxyl groups is 1. The molecule has 1 atom stereocenters. The van der Waals surface area contributed by atoms with E-state index in [-0.39, 0.29) is 17.9 Å². The van der Waals surface area contributed by atoms with E-state index >= 15 is 0 Å². The molecular weight excluding hydrogens is 448 g/mol. The maximum atomic E-state index is 12.9. The maximum absolute atomic E-state index is 12.9. The lowest BCUT2D eigenvalue weighted by atomic mass is 9.96. The van der Waals surface area contributed by atoms with Gasteiger partial charge in [-0.3, -0.25) is 0 Å². The van der Waals surface area contributed by atoms with E-state index in [9.17, 15) is 21.9 Å². The standard InChI is InChI=1S/C16H26N8O5S2/c17-7-10-3-5-24(6-4-10)12-1-2-13(30(26,27)9-11(25)8-18)15(31(19,28)29)14(12)16-20-22-23-21-16/h1-2,10-11,25H,3-9,17-18H2,(H2,19,28,29)(H,20,21,22,23)/t11-/m1/s1. The third-order valence-corrected chi connectivity index (χ3v) is 8.22. The van der Waals surface area contributed by atoms with E-state index in [1.807, 2.05) is 4.90 Å². The zero-order chi connectivity index (χ0) is 22.8. The highest BCUT2D eigenvalue weighted by atomic mass is 32.2. The lowest BCUT2D eigenvalue weighted by molar-refractivity contribution is 0.205. The molecule has 1 fully saturated rings. The Labute approximate surface area is 180 Å². The zero-order valence-corrected chi connectivity index (χ0v) is 18.3. The van der Waals surface area contributed by atoms with Crippen LogP contribution in [-0.4, -0.2) is 80.6 Å². The van der Waals surface area contributed by atoms with Gasteiger partial charge in [0.05, 0.1) is 22.3 Å². The van der Waals surface area contributed by atoms with Crippen LogP contribution in [-0.2, 0) is 19.9 Å². The van der Waals surface area contributed by atoms with E-state index < -0.39 is 41.5 Å². The Hall–Kier alpha value is -2.17. The second kappa shape index (κ2) is 9.13. The molecule has 31 heavy (non-hydrogen) atoms. The van der Waals surface area contributed by atoms with Gasteiger partial charge in [0.25, 0.3) is 0 Å². The van der Waals surface area contributed by atoms with Crippen LogP contribution >= 0.6 is 0 Å². The predicted octanol–water partition coefficient (Wildman–Crippen LogP) is -2.22. The molecule has 0 spiro atoms. The first-order chi connectivity index (χ1) is 14.6. The highest BCUT2D eigenvalue weighted by Gasteiger charge is 2.34. The van der Waals surface area contributed by atoms with Crippen molar-refractivity contribution in [1.29, 1.82) is 0 Å². The number of hydrogen-bond acceptors (Lipinski definition) is 11. The number of aliphatic hydroxyl groups excluding tert-OH is 1. The number of aromatic nitrogens is 4. The highest BCUT2D eigenvalue weighted by Crippen LogP contribution is 2.39. The SMILES string of the molecule is NCC1CCN(c2ccc(S(=O)(=O)C[C@H](O)CN)c(S(N)(=O)=O)c2-c2nn[nH]n2)CC1. The second-order valence-corrected chi connectivity index (χ2v) is 10.9. The number of anilines is 1. The van der Waals surface area contributed by atoms with Gasteiger partial charge in [0.15, 0.2) is 9.84 Å². The van der Waals surface area contributed by atoms with Crippen molar-refractivity contribution in [1.82, 2.24) is 20.6 Å².